The first kappa shape index (κ1) is 32.2. The summed E-state index contributed by atoms with van der Waals surface area (Å²) in [5, 5.41) is 15.6. The maximum absolute atomic E-state index is 13.1. The average Bonchev–Trinajstić information content (AvgIpc) is 3.82. The zero-order valence-electron chi connectivity index (χ0n) is 26.0. The van der Waals surface area contributed by atoms with Crippen LogP contribution in [0.4, 0.5) is 5.69 Å². The maximum Gasteiger partial charge on any atom is 0.234 e. The molecule has 238 valence electrons. The Morgan fingerprint density at radius 2 is 1.76 bits per heavy atom. The second-order valence-electron chi connectivity index (χ2n) is 12.0. The van der Waals surface area contributed by atoms with Gasteiger partial charge in [0.05, 0.1) is 27.8 Å². The van der Waals surface area contributed by atoms with Crippen LogP contribution in [0.5, 0.6) is 0 Å². The molecule has 0 aliphatic carbocycles. The van der Waals surface area contributed by atoms with E-state index in [0.29, 0.717) is 23.1 Å². The highest BCUT2D eigenvalue weighted by Crippen LogP contribution is 2.32. The highest BCUT2D eigenvalue weighted by Gasteiger charge is 2.20. The number of anilines is 1. The van der Waals surface area contributed by atoms with Crippen LogP contribution in [0.1, 0.15) is 39.2 Å². The highest BCUT2D eigenvalue weighted by molar-refractivity contribution is 8.01. The van der Waals surface area contributed by atoms with Gasteiger partial charge in [-0.2, -0.15) is 0 Å². The average molecular weight is 673 g/mol. The van der Waals surface area contributed by atoms with Gasteiger partial charge in [-0.3, -0.25) is 14.2 Å². The molecular formula is C34H36N6O3S3. The molecule has 0 bridgehead atoms. The number of thioether (sulfide) groups is 2. The van der Waals surface area contributed by atoms with Gasteiger partial charge in [-0.1, -0.05) is 86.8 Å². The molecule has 1 saturated heterocycles. The van der Waals surface area contributed by atoms with Gasteiger partial charge in [0.25, 0.3) is 0 Å². The van der Waals surface area contributed by atoms with Crippen molar-refractivity contribution in [2.24, 2.45) is 0 Å². The molecule has 5 aromatic rings. The molecule has 2 aromatic heterocycles. The molecule has 0 radical (unpaired) electrons. The summed E-state index contributed by atoms with van der Waals surface area (Å²) in [5.74, 6) is 1.00. The third kappa shape index (κ3) is 7.98. The van der Waals surface area contributed by atoms with Crippen molar-refractivity contribution in [3.63, 3.8) is 0 Å². The van der Waals surface area contributed by atoms with E-state index in [9.17, 15) is 9.59 Å². The van der Waals surface area contributed by atoms with E-state index in [2.05, 4.69) is 70.9 Å². The van der Waals surface area contributed by atoms with Crippen molar-refractivity contribution in [2.75, 3.05) is 30.0 Å². The Balaban J connectivity index is 1.09. The van der Waals surface area contributed by atoms with Crippen molar-refractivity contribution in [3.8, 4) is 17.1 Å². The van der Waals surface area contributed by atoms with Crippen molar-refractivity contribution < 1.29 is 14.3 Å². The van der Waals surface area contributed by atoms with E-state index in [1.165, 1.54) is 40.4 Å². The molecule has 0 spiro atoms. The molecule has 6 rings (SSSR count). The number of nitrogens with one attached hydrogen (secondary N) is 2. The van der Waals surface area contributed by atoms with E-state index in [1.807, 2.05) is 53.1 Å². The first-order valence-electron chi connectivity index (χ1n) is 15.2. The minimum atomic E-state index is -0.148. The minimum Gasteiger partial charge on any atom is -0.376 e. The minimum absolute atomic E-state index is 0.0288. The third-order valence-corrected chi connectivity index (χ3v) is 10.6. The van der Waals surface area contributed by atoms with E-state index < -0.39 is 0 Å². The number of hydrogen-bond acceptors (Lipinski definition) is 9. The number of nitrogens with zero attached hydrogens (tertiary/aromatic N) is 4. The molecule has 2 amide bonds. The van der Waals surface area contributed by atoms with Crippen molar-refractivity contribution >= 4 is 62.6 Å². The van der Waals surface area contributed by atoms with Gasteiger partial charge in [0.15, 0.2) is 15.3 Å². The van der Waals surface area contributed by atoms with E-state index in [1.54, 1.807) is 0 Å². The normalized spacial score (nSPS) is 14.9. The fourth-order valence-corrected chi connectivity index (χ4v) is 7.75. The predicted octanol–water partition coefficient (Wildman–Crippen LogP) is 6.96. The predicted molar refractivity (Wildman–Crippen MR) is 187 cm³/mol. The summed E-state index contributed by atoms with van der Waals surface area (Å²) in [6.45, 7) is 7.90. The van der Waals surface area contributed by atoms with Crippen molar-refractivity contribution in [1.29, 1.82) is 0 Å². The Bertz CT molecular complexity index is 1810. The number of thiazole rings is 1. The van der Waals surface area contributed by atoms with Gasteiger partial charge in [-0.05, 0) is 54.2 Å². The van der Waals surface area contributed by atoms with Gasteiger partial charge in [0.2, 0.25) is 11.8 Å². The summed E-state index contributed by atoms with van der Waals surface area (Å²) in [4.78, 5) is 30.0. The van der Waals surface area contributed by atoms with Gasteiger partial charge in [-0.25, -0.2) is 4.98 Å². The molecule has 46 heavy (non-hydrogen) atoms. The first-order chi connectivity index (χ1) is 22.2. The SMILES string of the molecule is CC(C)(C)c1ccc(-c2nnc(SCC(=O)Nc3ccc4nc(SCC(=O)NC[C@H]5CCCO5)sc4c3)n2-c2ccccc2)cc1. The van der Waals surface area contributed by atoms with E-state index in [-0.39, 0.29) is 29.1 Å². The van der Waals surface area contributed by atoms with Gasteiger partial charge in [0, 0.05) is 30.1 Å². The summed E-state index contributed by atoms with van der Waals surface area (Å²) in [5.41, 5.74) is 4.70. The second-order valence-corrected chi connectivity index (χ2v) is 15.2. The lowest BCUT2D eigenvalue weighted by Crippen LogP contribution is -2.32. The summed E-state index contributed by atoms with van der Waals surface area (Å²) < 4.78 is 9.31. The van der Waals surface area contributed by atoms with Crippen LogP contribution in [0, 0.1) is 0 Å². The number of aromatic nitrogens is 4. The molecule has 3 aromatic carbocycles. The number of amides is 2. The Hall–Kier alpha value is -3.71. The Morgan fingerprint density at radius 1 is 0.978 bits per heavy atom. The van der Waals surface area contributed by atoms with Crippen LogP contribution in [0.25, 0.3) is 27.3 Å². The van der Waals surface area contributed by atoms with Gasteiger partial charge in [0.1, 0.15) is 0 Å². The van der Waals surface area contributed by atoms with E-state index >= 15 is 0 Å². The number of ether oxygens (including phenoxy) is 1. The third-order valence-electron chi connectivity index (χ3n) is 7.52. The van der Waals surface area contributed by atoms with Crippen molar-refractivity contribution in [1.82, 2.24) is 25.1 Å². The lowest BCUT2D eigenvalue weighted by Gasteiger charge is -2.19. The molecule has 1 fully saturated rings. The molecule has 0 saturated carbocycles. The highest BCUT2D eigenvalue weighted by atomic mass is 32.2. The van der Waals surface area contributed by atoms with E-state index in [4.69, 9.17) is 4.74 Å². The molecule has 9 nitrogen and oxygen atoms in total. The van der Waals surface area contributed by atoms with Crippen LogP contribution in [0.2, 0.25) is 0 Å². The lowest BCUT2D eigenvalue weighted by molar-refractivity contribution is -0.119. The van der Waals surface area contributed by atoms with Crippen molar-refractivity contribution in [3.05, 3.63) is 78.4 Å². The standard InChI is InChI=1S/C34H36N6O3S3/c1-34(2,3)23-13-11-22(12-14-23)31-38-39-32(40(31)25-8-5-4-6-9-25)44-21-30(42)36-24-15-16-27-28(18-24)46-33(37-27)45-20-29(41)35-19-26-10-7-17-43-26/h4-6,8-9,11-16,18,26H,7,10,17,19-21H2,1-3H3,(H,35,41)(H,36,42)/t26-/m1/s1. The second kappa shape index (κ2) is 14.4. The topological polar surface area (TPSA) is 111 Å². The number of hydrogen-bond donors (Lipinski definition) is 2. The zero-order valence-corrected chi connectivity index (χ0v) is 28.4. The molecule has 1 atom stereocenters. The summed E-state index contributed by atoms with van der Waals surface area (Å²) in [7, 11) is 0. The number of carbonyl (C=O) groups is 2. The number of para-hydroxylation sites is 1. The fourth-order valence-electron chi connectivity index (χ4n) is 5.06. The van der Waals surface area contributed by atoms with Crippen LogP contribution >= 0.6 is 34.9 Å². The van der Waals surface area contributed by atoms with Crippen molar-refractivity contribution in [2.45, 2.75) is 54.6 Å². The van der Waals surface area contributed by atoms with Crippen LogP contribution in [0.15, 0.2) is 82.3 Å². The molecule has 3 heterocycles. The molecular weight excluding hydrogens is 637 g/mol. The zero-order chi connectivity index (χ0) is 32.1. The monoisotopic (exact) mass is 672 g/mol. The number of carbonyl (C=O) groups excluding carboxylic acids is 2. The van der Waals surface area contributed by atoms with Gasteiger partial charge < -0.3 is 15.4 Å². The largest absolute Gasteiger partial charge is 0.376 e. The summed E-state index contributed by atoms with van der Waals surface area (Å²) >= 11 is 4.26. The van der Waals surface area contributed by atoms with Crippen LogP contribution in [-0.4, -0.2) is 62.3 Å². The lowest BCUT2D eigenvalue weighted by atomic mass is 9.87. The Morgan fingerprint density at radius 3 is 2.50 bits per heavy atom. The molecule has 2 N–H and O–H groups in total. The van der Waals surface area contributed by atoms with Gasteiger partial charge in [-0.15, -0.1) is 21.5 Å². The number of benzene rings is 3. The Kier molecular flexibility index (Phi) is 10.1. The number of fused-ring (bicyclic) bond motifs is 1. The molecule has 1 aliphatic heterocycles. The quantitative estimate of drug-likeness (QED) is 0.145. The molecule has 12 heteroatoms. The summed E-state index contributed by atoms with van der Waals surface area (Å²) in [6.07, 6.45) is 2.17. The fraction of sp³-hybridized carbons (Fsp3) is 0.324. The van der Waals surface area contributed by atoms with Gasteiger partial charge >= 0.3 is 0 Å². The van der Waals surface area contributed by atoms with Crippen LogP contribution in [0.3, 0.4) is 0 Å². The Labute approximate surface area is 280 Å². The number of rotatable bonds is 11. The smallest absolute Gasteiger partial charge is 0.234 e. The summed E-state index contributed by atoms with van der Waals surface area (Å²) in [6, 6.07) is 24.0. The maximum atomic E-state index is 13.1. The molecule has 1 aliphatic rings. The van der Waals surface area contributed by atoms with Crippen LogP contribution < -0.4 is 10.6 Å². The van der Waals surface area contributed by atoms with Crippen LogP contribution in [-0.2, 0) is 19.7 Å². The first-order valence-corrected chi connectivity index (χ1v) is 18.0. The molecule has 0 unspecified atom stereocenters. The van der Waals surface area contributed by atoms with E-state index in [0.717, 1.165) is 51.1 Å².